The van der Waals surface area contributed by atoms with Crippen LogP contribution in [0.5, 0.6) is 0 Å². The monoisotopic (exact) mass is 291 g/mol. The molecule has 0 unspecified atom stereocenters. The number of aromatic amines is 1. The molecule has 3 aromatic rings. The largest absolute Gasteiger partial charge is 0.342 e. The summed E-state index contributed by atoms with van der Waals surface area (Å²) in [6.07, 6.45) is 0.480. The van der Waals surface area contributed by atoms with Gasteiger partial charge in [0.25, 0.3) is 0 Å². The molecule has 1 fully saturated rings. The highest BCUT2D eigenvalue weighted by Crippen LogP contribution is 2.27. The molecule has 1 aliphatic heterocycles. The number of nitrogens with one attached hydrogen (secondary N) is 1. The Morgan fingerprint density at radius 3 is 2.59 bits per heavy atom. The number of nitrogens with zero attached hydrogens (tertiary/aromatic N) is 2. The quantitative estimate of drug-likeness (QED) is 0.806. The average molecular weight is 291 g/mol. The lowest BCUT2D eigenvalue weighted by molar-refractivity contribution is -0.134. The Kier molecular flexibility index (Phi) is 3.15. The van der Waals surface area contributed by atoms with E-state index in [4.69, 9.17) is 0 Å². The van der Waals surface area contributed by atoms with E-state index in [0.29, 0.717) is 12.3 Å². The molecule has 1 aliphatic rings. The maximum absolute atomic E-state index is 12.2. The topological polar surface area (TPSA) is 49.0 Å². The summed E-state index contributed by atoms with van der Waals surface area (Å²) in [4.78, 5) is 22.1. The number of carbonyl (C=O) groups excluding carboxylic acids is 1. The lowest BCUT2D eigenvalue weighted by Crippen LogP contribution is -2.49. The lowest BCUT2D eigenvalue weighted by atomic mass is 9.98. The van der Waals surface area contributed by atoms with Crippen LogP contribution in [0.1, 0.15) is 17.3 Å². The predicted molar refractivity (Wildman–Crippen MR) is 85.6 cm³/mol. The Hall–Kier alpha value is -2.62. The van der Waals surface area contributed by atoms with Crippen LogP contribution >= 0.6 is 0 Å². The Morgan fingerprint density at radius 1 is 1.09 bits per heavy atom. The highest BCUT2D eigenvalue weighted by molar-refractivity contribution is 5.80. The highest BCUT2D eigenvalue weighted by atomic mass is 16.2. The first-order chi connectivity index (χ1) is 10.8. The number of amides is 1. The molecule has 4 nitrogen and oxygen atoms in total. The van der Waals surface area contributed by atoms with Crippen LogP contribution in [0.25, 0.3) is 11.0 Å². The minimum atomic E-state index is 0.193. The predicted octanol–water partition coefficient (Wildman–Crippen LogP) is 2.73. The number of carbonyl (C=O) groups is 1. The van der Waals surface area contributed by atoms with Gasteiger partial charge in [-0.25, -0.2) is 4.98 Å². The second-order valence-electron chi connectivity index (χ2n) is 5.80. The van der Waals surface area contributed by atoms with Crippen molar-refractivity contribution in [3.05, 3.63) is 66.0 Å². The van der Waals surface area contributed by atoms with E-state index in [9.17, 15) is 4.79 Å². The smallest absolute Gasteiger partial charge is 0.227 e. The molecule has 1 aromatic heterocycles. The van der Waals surface area contributed by atoms with Crippen molar-refractivity contribution >= 4 is 16.9 Å². The number of imidazole rings is 1. The van der Waals surface area contributed by atoms with Gasteiger partial charge < -0.3 is 9.88 Å². The first-order valence-electron chi connectivity index (χ1n) is 7.56. The van der Waals surface area contributed by atoms with Crippen LogP contribution in [-0.2, 0) is 11.2 Å². The van der Waals surface area contributed by atoms with Gasteiger partial charge in [0.15, 0.2) is 0 Å². The summed E-state index contributed by atoms with van der Waals surface area (Å²) >= 11 is 0. The van der Waals surface area contributed by atoms with E-state index < -0.39 is 0 Å². The van der Waals surface area contributed by atoms with E-state index in [1.807, 2.05) is 59.5 Å². The minimum absolute atomic E-state index is 0.193. The third-order valence-corrected chi connectivity index (χ3v) is 4.23. The molecule has 4 rings (SSSR count). The molecule has 4 heteroatoms. The molecule has 0 bridgehead atoms. The third-order valence-electron chi connectivity index (χ3n) is 4.23. The molecular weight excluding hydrogens is 274 g/mol. The molecule has 0 aliphatic carbocycles. The maximum atomic E-state index is 12.2. The lowest BCUT2D eigenvalue weighted by Gasteiger charge is -2.38. The summed E-state index contributed by atoms with van der Waals surface area (Å²) < 4.78 is 0. The van der Waals surface area contributed by atoms with Gasteiger partial charge in [0.2, 0.25) is 5.91 Å². The summed E-state index contributed by atoms with van der Waals surface area (Å²) in [5.41, 5.74) is 3.12. The molecular formula is C18H17N3O. The van der Waals surface area contributed by atoms with Crippen LogP contribution in [0.2, 0.25) is 0 Å². The van der Waals surface area contributed by atoms with Gasteiger partial charge in [-0.15, -0.1) is 0 Å². The number of aromatic nitrogens is 2. The molecule has 1 amide bonds. The van der Waals surface area contributed by atoms with Crippen molar-refractivity contribution < 1.29 is 4.79 Å². The fraction of sp³-hybridized carbons (Fsp3) is 0.222. The Morgan fingerprint density at radius 2 is 1.82 bits per heavy atom. The number of fused-ring (bicyclic) bond motifs is 1. The van der Waals surface area contributed by atoms with Crippen molar-refractivity contribution in [1.29, 1.82) is 0 Å². The molecule has 0 spiro atoms. The second-order valence-corrected chi connectivity index (χ2v) is 5.80. The molecule has 0 atom stereocenters. The van der Waals surface area contributed by atoms with Crippen LogP contribution in [-0.4, -0.2) is 33.9 Å². The van der Waals surface area contributed by atoms with E-state index in [1.165, 1.54) is 0 Å². The number of H-pyrrole nitrogens is 1. The molecule has 1 saturated heterocycles. The van der Waals surface area contributed by atoms with Crippen molar-refractivity contribution in [2.75, 3.05) is 13.1 Å². The van der Waals surface area contributed by atoms with Crippen LogP contribution in [0.4, 0.5) is 0 Å². The number of benzene rings is 2. The molecule has 2 aromatic carbocycles. The minimum Gasteiger partial charge on any atom is -0.342 e. The van der Waals surface area contributed by atoms with Crippen LogP contribution in [0.15, 0.2) is 54.6 Å². The van der Waals surface area contributed by atoms with Crippen molar-refractivity contribution in [3.63, 3.8) is 0 Å². The summed E-state index contributed by atoms with van der Waals surface area (Å²) in [5, 5.41) is 0. The first-order valence-corrected chi connectivity index (χ1v) is 7.56. The fourth-order valence-corrected chi connectivity index (χ4v) is 2.90. The Balaban J connectivity index is 1.40. The van der Waals surface area contributed by atoms with E-state index in [0.717, 1.165) is 35.5 Å². The molecule has 0 radical (unpaired) electrons. The van der Waals surface area contributed by atoms with Gasteiger partial charge in [-0.2, -0.15) is 0 Å². The van der Waals surface area contributed by atoms with Crippen LogP contribution < -0.4 is 0 Å². The van der Waals surface area contributed by atoms with E-state index >= 15 is 0 Å². The van der Waals surface area contributed by atoms with Crippen molar-refractivity contribution in [2.45, 2.75) is 12.3 Å². The number of likely N-dealkylation sites (tertiary alicyclic amines) is 1. The van der Waals surface area contributed by atoms with Gasteiger partial charge in [0, 0.05) is 13.1 Å². The number of rotatable bonds is 3. The normalized spacial score (nSPS) is 15.0. The van der Waals surface area contributed by atoms with E-state index in [1.54, 1.807) is 0 Å². The van der Waals surface area contributed by atoms with Gasteiger partial charge in [-0.05, 0) is 17.7 Å². The first kappa shape index (κ1) is 13.1. The second kappa shape index (κ2) is 5.30. The van der Waals surface area contributed by atoms with E-state index in [-0.39, 0.29) is 5.91 Å². The van der Waals surface area contributed by atoms with E-state index in [2.05, 4.69) is 9.97 Å². The van der Waals surface area contributed by atoms with Crippen molar-refractivity contribution in [1.82, 2.24) is 14.9 Å². The molecule has 0 saturated carbocycles. The number of hydrogen-bond acceptors (Lipinski definition) is 2. The summed E-state index contributed by atoms with van der Waals surface area (Å²) in [5.74, 6) is 1.51. The molecule has 2 heterocycles. The zero-order valence-corrected chi connectivity index (χ0v) is 12.2. The van der Waals surface area contributed by atoms with Crippen molar-refractivity contribution in [2.24, 2.45) is 0 Å². The molecule has 22 heavy (non-hydrogen) atoms. The molecule has 1 N–H and O–H groups in total. The van der Waals surface area contributed by atoms with Gasteiger partial charge in [0.1, 0.15) is 5.82 Å². The van der Waals surface area contributed by atoms with Crippen LogP contribution in [0.3, 0.4) is 0 Å². The highest BCUT2D eigenvalue weighted by Gasteiger charge is 2.33. The Bertz CT molecular complexity index is 770. The van der Waals surface area contributed by atoms with Crippen molar-refractivity contribution in [3.8, 4) is 0 Å². The molecule has 110 valence electrons. The van der Waals surface area contributed by atoms with Gasteiger partial charge in [-0.1, -0.05) is 42.5 Å². The van der Waals surface area contributed by atoms with Gasteiger partial charge in [-0.3, -0.25) is 4.79 Å². The average Bonchev–Trinajstić information content (AvgIpc) is 2.90. The zero-order valence-electron chi connectivity index (χ0n) is 12.2. The SMILES string of the molecule is O=C(Cc1ccccc1)N1CC(c2nc3ccccc3[nH]2)C1. The third kappa shape index (κ3) is 2.37. The number of hydrogen-bond donors (Lipinski definition) is 1. The van der Waals surface area contributed by atoms with Gasteiger partial charge >= 0.3 is 0 Å². The summed E-state index contributed by atoms with van der Waals surface area (Å²) in [6, 6.07) is 17.9. The Labute approximate surface area is 128 Å². The van der Waals surface area contributed by atoms with Gasteiger partial charge in [0.05, 0.1) is 23.4 Å². The fourth-order valence-electron chi connectivity index (χ4n) is 2.90. The summed E-state index contributed by atoms with van der Waals surface area (Å²) in [6.45, 7) is 1.51. The number of para-hydroxylation sites is 2. The summed E-state index contributed by atoms with van der Waals surface area (Å²) in [7, 11) is 0. The zero-order chi connectivity index (χ0) is 14.9. The maximum Gasteiger partial charge on any atom is 0.227 e. The van der Waals surface area contributed by atoms with Crippen LogP contribution in [0, 0.1) is 0 Å². The standard InChI is InChI=1S/C18H17N3O/c22-17(10-13-6-2-1-3-7-13)21-11-14(12-21)18-19-15-8-4-5-9-16(15)20-18/h1-9,14H,10-12H2,(H,19,20).